The molecule has 0 heterocycles. The lowest BCUT2D eigenvalue weighted by Crippen LogP contribution is -1.94. The quantitative estimate of drug-likeness (QED) is 0.490. The monoisotopic (exact) mass is 256 g/mol. The molecule has 0 aromatic carbocycles. The highest BCUT2D eigenvalue weighted by atomic mass is 35.5. The molecular formula is C11H26ClO2P. The van der Waals surface area contributed by atoms with Crippen LogP contribution in [0.5, 0.6) is 0 Å². The van der Waals surface area contributed by atoms with Gasteiger partial charge in [0.05, 0.1) is 0 Å². The Kier molecular flexibility index (Phi) is 14.9. The van der Waals surface area contributed by atoms with Crippen molar-refractivity contribution in [3.8, 4) is 0 Å². The molecule has 0 rings (SSSR count). The molecule has 4 heteroatoms. The maximum Gasteiger partial charge on any atom is 0.191 e. The second kappa shape index (κ2) is 12.5. The summed E-state index contributed by atoms with van der Waals surface area (Å²) in [6, 6.07) is 0. The van der Waals surface area contributed by atoms with Crippen LogP contribution in [0.25, 0.3) is 0 Å². The van der Waals surface area contributed by atoms with Crippen LogP contribution in [0.1, 0.15) is 65.2 Å². The fourth-order valence-corrected chi connectivity index (χ4v) is 1.98. The summed E-state index contributed by atoms with van der Waals surface area (Å²) < 4.78 is 10.7. The minimum atomic E-state index is -2.26. The Morgan fingerprint density at radius 1 is 1.07 bits per heavy atom. The normalized spacial score (nSPS) is 14.3. The Morgan fingerprint density at radius 3 is 2.00 bits per heavy atom. The number of unbranched alkanes of at least 4 members (excludes halogenated alkanes) is 6. The van der Waals surface area contributed by atoms with Gasteiger partial charge in [-0.3, -0.25) is 4.57 Å². The Hall–Kier alpha value is 0.480. The van der Waals surface area contributed by atoms with E-state index in [0.717, 1.165) is 12.8 Å². The van der Waals surface area contributed by atoms with Crippen LogP contribution in [0.4, 0.5) is 0 Å². The Balaban J connectivity index is 0. The Bertz CT molecular complexity index is 154. The number of halogens is 1. The van der Waals surface area contributed by atoms with Crippen LogP contribution in [0.3, 0.4) is 0 Å². The molecule has 2 atom stereocenters. The van der Waals surface area contributed by atoms with E-state index in [1.54, 1.807) is 0 Å². The second-order valence-corrected chi connectivity index (χ2v) is 5.81. The fraction of sp³-hybridized carbons (Fsp3) is 1.00. The van der Waals surface area contributed by atoms with Crippen molar-refractivity contribution in [2.75, 3.05) is 0 Å². The van der Waals surface area contributed by atoms with Gasteiger partial charge in [-0.05, 0) is 6.42 Å². The highest BCUT2D eigenvalue weighted by Gasteiger charge is 2.06. The van der Waals surface area contributed by atoms with Crippen molar-refractivity contribution in [1.29, 1.82) is 0 Å². The molecule has 0 fully saturated rings. The van der Waals surface area contributed by atoms with Gasteiger partial charge in [-0.15, -0.1) is 12.4 Å². The largest absolute Gasteiger partial charge is 0.346 e. The maximum absolute atomic E-state index is 10.7. The lowest BCUT2D eigenvalue weighted by Gasteiger charge is -2.06. The van der Waals surface area contributed by atoms with Gasteiger partial charge in [-0.25, -0.2) is 0 Å². The van der Waals surface area contributed by atoms with Crippen molar-refractivity contribution in [2.24, 2.45) is 0 Å². The van der Waals surface area contributed by atoms with Gasteiger partial charge in [0.2, 0.25) is 0 Å². The van der Waals surface area contributed by atoms with E-state index < -0.39 is 8.03 Å². The fourth-order valence-electron chi connectivity index (χ4n) is 1.53. The van der Waals surface area contributed by atoms with Gasteiger partial charge in [0, 0.05) is 5.66 Å². The van der Waals surface area contributed by atoms with Crippen LogP contribution < -0.4 is 0 Å². The van der Waals surface area contributed by atoms with E-state index in [9.17, 15) is 4.57 Å². The Morgan fingerprint density at radius 2 is 1.53 bits per heavy atom. The van der Waals surface area contributed by atoms with Crippen LogP contribution in [-0.4, -0.2) is 10.6 Å². The predicted octanol–water partition coefficient (Wildman–Crippen LogP) is 4.40. The number of hydrogen-bond acceptors (Lipinski definition) is 1. The van der Waals surface area contributed by atoms with Crippen LogP contribution in [-0.2, 0) is 4.57 Å². The van der Waals surface area contributed by atoms with Gasteiger partial charge in [0.25, 0.3) is 0 Å². The SMILES string of the molecule is CCCCCCCCCC(C)[PH](=O)O.Cl. The molecule has 0 aromatic heterocycles. The maximum atomic E-state index is 10.7. The average molecular weight is 257 g/mol. The number of rotatable bonds is 9. The average Bonchev–Trinajstić information content (AvgIpc) is 2.16. The summed E-state index contributed by atoms with van der Waals surface area (Å²) in [6.45, 7) is 4.10. The van der Waals surface area contributed by atoms with E-state index in [4.69, 9.17) is 4.89 Å². The van der Waals surface area contributed by atoms with Crippen molar-refractivity contribution in [2.45, 2.75) is 70.9 Å². The summed E-state index contributed by atoms with van der Waals surface area (Å²) in [7, 11) is -2.26. The lowest BCUT2D eigenvalue weighted by molar-refractivity contribution is 0.482. The van der Waals surface area contributed by atoms with E-state index in [-0.39, 0.29) is 18.1 Å². The van der Waals surface area contributed by atoms with Gasteiger partial charge in [0.1, 0.15) is 0 Å². The van der Waals surface area contributed by atoms with E-state index in [1.807, 2.05) is 6.92 Å². The van der Waals surface area contributed by atoms with Crippen molar-refractivity contribution in [3.05, 3.63) is 0 Å². The molecule has 0 aliphatic rings. The predicted molar refractivity (Wildman–Crippen MR) is 70.5 cm³/mol. The molecule has 0 aliphatic heterocycles. The molecule has 2 unspecified atom stereocenters. The van der Waals surface area contributed by atoms with Crippen molar-refractivity contribution < 1.29 is 9.46 Å². The van der Waals surface area contributed by atoms with E-state index >= 15 is 0 Å². The molecular weight excluding hydrogens is 231 g/mol. The second-order valence-electron chi connectivity index (χ2n) is 4.15. The van der Waals surface area contributed by atoms with E-state index in [1.165, 1.54) is 38.5 Å². The zero-order valence-electron chi connectivity index (χ0n) is 10.00. The lowest BCUT2D eigenvalue weighted by atomic mass is 10.1. The smallest absolute Gasteiger partial charge is 0.191 e. The first-order chi connectivity index (χ1) is 6.68. The summed E-state index contributed by atoms with van der Waals surface area (Å²) in [5.41, 5.74) is 0.0237. The molecule has 2 nitrogen and oxygen atoms in total. The van der Waals surface area contributed by atoms with Gasteiger partial charge >= 0.3 is 0 Å². The van der Waals surface area contributed by atoms with E-state index in [2.05, 4.69) is 6.92 Å². The molecule has 0 bridgehead atoms. The molecule has 94 valence electrons. The highest BCUT2D eigenvalue weighted by Crippen LogP contribution is 2.26. The standard InChI is InChI=1S/C11H25O2P.ClH/c1-3-4-5-6-7-8-9-10-11(2)14(12)13;/h11,14H,3-10H2,1-2H3,(H,12,13);1H. The van der Waals surface area contributed by atoms with Crippen LogP contribution in [0, 0.1) is 0 Å². The van der Waals surface area contributed by atoms with Gasteiger partial charge in [-0.1, -0.05) is 58.8 Å². The molecule has 0 spiro atoms. The minimum Gasteiger partial charge on any atom is -0.346 e. The van der Waals surface area contributed by atoms with Gasteiger partial charge in [0.15, 0.2) is 8.03 Å². The zero-order valence-corrected chi connectivity index (χ0v) is 11.8. The third-order valence-electron chi connectivity index (χ3n) is 2.66. The van der Waals surface area contributed by atoms with Gasteiger partial charge < -0.3 is 4.89 Å². The summed E-state index contributed by atoms with van der Waals surface area (Å²) in [6.07, 6.45) is 9.87. The first-order valence-corrected chi connectivity index (χ1v) is 7.34. The molecule has 0 aromatic rings. The van der Waals surface area contributed by atoms with Crippen LogP contribution in [0.15, 0.2) is 0 Å². The molecule has 0 amide bonds. The van der Waals surface area contributed by atoms with Crippen molar-refractivity contribution in [3.63, 3.8) is 0 Å². The third-order valence-corrected chi connectivity index (χ3v) is 3.79. The minimum absolute atomic E-state index is 0. The van der Waals surface area contributed by atoms with E-state index in [0.29, 0.717) is 0 Å². The first kappa shape index (κ1) is 17.9. The first-order valence-electron chi connectivity index (χ1n) is 5.91. The number of hydrogen-bond donors (Lipinski definition) is 1. The molecule has 0 radical (unpaired) electrons. The highest BCUT2D eigenvalue weighted by molar-refractivity contribution is 7.38. The molecule has 0 saturated heterocycles. The molecule has 0 saturated carbocycles. The molecule has 0 aliphatic carbocycles. The Labute approximate surface area is 101 Å². The topological polar surface area (TPSA) is 37.3 Å². The van der Waals surface area contributed by atoms with Crippen LogP contribution in [0.2, 0.25) is 0 Å². The van der Waals surface area contributed by atoms with Crippen LogP contribution >= 0.6 is 20.4 Å². The zero-order chi connectivity index (χ0) is 10.8. The summed E-state index contributed by atoms with van der Waals surface area (Å²) in [4.78, 5) is 8.84. The van der Waals surface area contributed by atoms with Gasteiger partial charge in [-0.2, -0.15) is 0 Å². The summed E-state index contributed by atoms with van der Waals surface area (Å²) >= 11 is 0. The third kappa shape index (κ3) is 12.4. The van der Waals surface area contributed by atoms with Crippen molar-refractivity contribution >= 4 is 20.4 Å². The summed E-state index contributed by atoms with van der Waals surface area (Å²) in [5, 5.41) is 0. The van der Waals surface area contributed by atoms with Crippen molar-refractivity contribution in [1.82, 2.24) is 0 Å². The molecule has 15 heavy (non-hydrogen) atoms. The summed E-state index contributed by atoms with van der Waals surface area (Å²) in [5.74, 6) is 0. The molecule has 1 N–H and O–H groups in total.